The second-order valence-corrected chi connectivity index (χ2v) is 4.25. The van der Waals surface area contributed by atoms with Gasteiger partial charge in [-0.15, -0.1) is 0 Å². The number of aromatic nitrogens is 1. The molecule has 18 heavy (non-hydrogen) atoms. The highest BCUT2D eigenvalue weighted by Crippen LogP contribution is 2.15. The van der Waals surface area contributed by atoms with Gasteiger partial charge in [-0.25, -0.2) is 0 Å². The van der Waals surface area contributed by atoms with Crippen molar-refractivity contribution in [2.45, 2.75) is 19.4 Å². The highest BCUT2D eigenvalue weighted by atomic mass is 16.5. The minimum Gasteiger partial charge on any atom is -0.377 e. The fraction of sp³-hybridized carbons (Fsp3) is 0.333. The Labute approximate surface area is 108 Å². The number of allylic oxidation sites excluding steroid dienone is 2. The topological polar surface area (TPSA) is 40.2 Å². The van der Waals surface area contributed by atoms with E-state index in [1.165, 1.54) is 16.3 Å². The van der Waals surface area contributed by atoms with Gasteiger partial charge < -0.3 is 15.0 Å². The molecule has 0 aromatic carbocycles. The third kappa shape index (κ3) is 2.47. The van der Waals surface area contributed by atoms with E-state index in [0.717, 1.165) is 6.42 Å². The summed E-state index contributed by atoms with van der Waals surface area (Å²) in [6.07, 6.45) is 13.8. The van der Waals surface area contributed by atoms with E-state index >= 15 is 0 Å². The largest absolute Gasteiger partial charge is 0.377 e. The number of nitrogens with zero attached hydrogens (tertiary/aromatic N) is 1. The van der Waals surface area contributed by atoms with Crippen molar-refractivity contribution in [1.29, 1.82) is 0 Å². The van der Waals surface area contributed by atoms with Crippen molar-refractivity contribution in [1.82, 2.24) is 4.57 Å². The first-order valence-electron chi connectivity index (χ1n) is 6.25. The van der Waals surface area contributed by atoms with Crippen molar-refractivity contribution in [2.24, 2.45) is 5.73 Å². The molecular formula is C15H20N2O. The predicted octanol–water partition coefficient (Wildman–Crippen LogP) is 0.844. The first kappa shape index (κ1) is 12.9. The maximum absolute atomic E-state index is 5.58. The van der Waals surface area contributed by atoms with Crippen LogP contribution in [0.15, 0.2) is 30.5 Å². The van der Waals surface area contributed by atoms with Crippen molar-refractivity contribution in [3.8, 4) is 0 Å². The lowest BCUT2D eigenvalue weighted by Crippen LogP contribution is -2.29. The fourth-order valence-corrected chi connectivity index (χ4v) is 2.23. The van der Waals surface area contributed by atoms with Crippen LogP contribution in [0, 0.1) is 0 Å². The maximum atomic E-state index is 5.58. The molecule has 1 aliphatic carbocycles. The lowest BCUT2D eigenvalue weighted by atomic mass is 10.1. The Balaban J connectivity index is 2.40. The van der Waals surface area contributed by atoms with Gasteiger partial charge in [0.25, 0.3) is 0 Å². The molecule has 1 aromatic heterocycles. The summed E-state index contributed by atoms with van der Waals surface area (Å²) < 4.78 is 7.49. The standard InChI is InChI=1S/C15H20N2O/c1-3-15-12(8-10-16)9-11-17(15)13-4-6-14(18-2)7-5-13/h3-6,8-9,11,14H,7,10,16H2,1-2H3/b12-8-,15-3+. The molecule has 1 aliphatic rings. The van der Waals surface area contributed by atoms with Gasteiger partial charge in [0.2, 0.25) is 0 Å². The molecule has 0 aliphatic heterocycles. The molecule has 2 N–H and O–H groups in total. The molecule has 96 valence electrons. The van der Waals surface area contributed by atoms with Crippen molar-refractivity contribution >= 4 is 17.8 Å². The highest BCUT2D eigenvalue weighted by molar-refractivity contribution is 5.60. The lowest BCUT2D eigenvalue weighted by molar-refractivity contribution is 0.143. The van der Waals surface area contributed by atoms with Crippen LogP contribution in [0.5, 0.6) is 0 Å². The van der Waals surface area contributed by atoms with Gasteiger partial charge >= 0.3 is 0 Å². The van der Waals surface area contributed by atoms with Crippen molar-refractivity contribution in [3.63, 3.8) is 0 Å². The Bertz CT molecular complexity index is 578. The van der Waals surface area contributed by atoms with E-state index in [1.807, 2.05) is 13.0 Å². The summed E-state index contributed by atoms with van der Waals surface area (Å²) in [5.41, 5.74) is 6.77. The molecule has 1 unspecified atom stereocenters. The first-order valence-corrected chi connectivity index (χ1v) is 6.25. The van der Waals surface area contributed by atoms with Gasteiger partial charge in [0, 0.05) is 30.9 Å². The Morgan fingerprint density at radius 2 is 2.39 bits per heavy atom. The van der Waals surface area contributed by atoms with Crippen LogP contribution in [-0.4, -0.2) is 24.3 Å². The van der Waals surface area contributed by atoms with E-state index in [-0.39, 0.29) is 6.10 Å². The predicted molar refractivity (Wildman–Crippen MR) is 76.2 cm³/mol. The average molecular weight is 244 g/mol. The van der Waals surface area contributed by atoms with Crippen LogP contribution in [0.1, 0.15) is 13.3 Å². The Kier molecular flexibility index (Phi) is 4.18. The lowest BCUT2D eigenvalue weighted by Gasteiger charge is -2.15. The zero-order valence-electron chi connectivity index (χ0n) is 11.0. The molecular weight excluding hydrogens is 224 g/mol. The average Bonchev–Trinajstić information content (AvgIpc) is 2.82. The summed E-state index contributed by atoms with van der Waals surface area (Å²) in [7, 11) is 1.74. The van der Waals surface area contributed by atoms with Crippen LogP contribution in [0.2, 0.25) is 0 Å². The molecule has 0 radical (unpaired) electrons. The first-order chi connectivity index (χ1) is 8.80. The Morgan fingerprint density at radius 3 is 2.94 bits per heavy atom. The van der Waals surface area contributed by atoms with E-state index < -0.39 is 0 Å². The van der Waals surface area contributed by atoms with Crippen LogP contribution in [0.25, 0.3) is 17.8 Å². The second kappa shape index (κ2) is 5.85. The molecule has 3 nitrogen and oxygen atoms in total. The second-order valence-electron chi connectivity index (χ2n) is 4.25. The minimum atomic E-state index is 0.202. The third-order valence-corrected chi connectivity index (χ3v) is 3.19. The summed E-state index contributed by atoms with van der Waals surface area (Å²) in [6, 6.07) is 2.10. The zero-order valence-corrected chi connectivity index (χ0v) is 11.0. The van der Waals surface area contributed by atoms with Crippen LogP contribution in [-0.2, 0) is 4.74 Å². The third-order valence-electron chi connectivity index (χ3n) is 3.19. The molecule has 3 heteroatoms. The SMILES string of the molecule is C/C=c1\c(=C/CN)ccn1C1=CCC(OC)C=C1. The number of nitrogens with two attached hydrogens (primary N) is 1. The van der Waals surface area contributed by atoms with Crippen LogP contribution >= 0.6 is 0 Å². The summed E-state index contributed by atoms with van der Waals surface area (Å²) >= 11 is 0. The van der Waals surface area contributed by atoms with Crippen LogP contribution < -0.4 is 16.3 Å². The van der Waals surface area contributed by atoms with Crippen molar-refractivity contribution < 1.29 is 4.74 Å². The van der Waals surface area contributed by atoms with Gasteiger partial charge in [-0.3, -0.25) is 0 Å². The molecule has 0 saturated carbocycles. The maximum Gasteiger partial charge on any atom is 0.0791 e. The number of hydrogen-bond donors (Lipinski definition) is 1. The zero-order chi connectivity index (χ0) is 13.0. The highest BCUT2D eigenvalue weighted by Gasteiger charge is 2.08. The molecule has 0 bridgehead atoms. The molecule has 0 fully saturated rings. The normalized spacial score (nSPS) is 21.5. The van der Waals surface area contributed by atoms with Gasteiger partial charge in [0.15, 0.2) is 0 Å². The summed E-state index contributed by atoms with van der Waals surface area (Å²) in [5, 5.41) is 2.37. The molecule has 0 saturated heterocycles. The van der Waals surface area contributed by atoms with E-state index in [2.05, 4.69) is 41.1 Å². The fourth-order valence-electron chi connectivity index (χ4n) is 2.23. The molecule has 1 aromatic rings. The number of ether oxygens (including phenoxy) is 1. The molecule has 1 atom stereocenters. The Morgan fingerprint density at radius 1 is 1.56 bits per heavy atom. The van der Waals surface area contributed by atoms with E-state index in [9.17, 15) is 0 Å². The number of hydrogen-bond acceptors (Lipinski definition) is 2. The van der Waals surface area contributed by atoms with Gasteiger partial charge in [-0.1, -0.05) is 24.3 Å². The molecule has 0 amide bonds. The quantitative estimate of drug-likeness (QED) is 0.856. The molecule has 2 rings (SSSR count). The molecule has 0 spiro atoms. The van der Waals surface area contributed by atoms with Crippen molar-refractivity contribution in [3.05, 3.63) is 41.1 Å². The Hall–Kier alpha value is -1.58. The van der Waals surface area contributed by atoms with Gasteiger partial charge in [-0.05, 0) is 30.7 Å². The van der Waals surface area contributed by atoms with Gasteiger partial charge in [-0.2, -0.15) is 0 Å². The monoisotopic (exact) mass is 244 g/mol. The summed E-state index contributed by atoms with van der Waals surface area (Å²) in [6.45, 7) is 2.61. The van der Waals surface area contributed by atoms with Gasteiger partial charge in [0.1, 0.15) is 0 Å². The van der Waals surface area contributed by atoms with E-state index in [4.69, 9.17) is 10.5 Å². The summed E-state index contributed by atoms with van der Waals surface area (Å²) in [4.78, 5) is 0. The number of rotatable bonds is 3. The van der Waals surface area contributed by atoms with Gasteiger partial charge in [0.05, 0.1) is 6.10 Å². The van der Waals surface area contributed by atoms with Crippen molar-refractivity contribution in [2.75, 3.05) is 13.7 Å². The van der Waals surface area contributed by atoms with E-state index in [0.29, 0.717) is 6.54 Å². The van der Waals surface area contributed by atoms with Crippen LogP contribution in [0.4, 0.5) is 0 Å². The number of methoxy groups -OCH3 is 1. The van der Waals surface area contributed by atoms with E-state index in [1.54, 1.807) is 7.11 Å². The minimum absolute atomic E-state index is 0.202. The smallest absolute Gasteiger partial charge is 0.0791 e. The molecule has 1 heterocycles. The van der Waals surface area contributed by atoms with Crippen LogP contribution in [0.3, 0.4) is 0 Å². The summed E-state index contributed by atoms with van der Waals surface area (Å²) in [5.74, 6) is 0.